The topological polar surface area (TPSA) is 92.5 Å². The van der Waals surface area contributed by atoms with E-state index in [-0.39, 0.29) is 29.5 Å². The van der Waals surface area contributed by atoms with Crippen LogP contribution >= 0.6 is 12.4 Å². The summed E-state index contributed by atoms with van der Waals surface area (Å²) in [6.45, 7) is 2.57. The van der Waals surface area contributed by atoms with Gasteiger partial charge in [0.2, 0.25) is 10.0 Å². The van der Waals surface area contributed by atoms with Crippen molar-refractivity contribution in [1.29, 1.82) is 0 Å². The first kappa shape index (κ1) is 21.2. The summed E-state index contributed by atoms with van der Waals surface area (Å²) in [5, 5.41) is 14.0. The van der Waals surface area contributed by atoms with Gasteiger partial charge in [0.05, 0.1) is 15.9 Å². The molecule has 1 aliphatic heterocycles. The lowest BCUT2D eigenvalue weighted by Crippen LogP contribution is -2.48. The number of rotatable bonds is 4. The van der Waals surface area contributed by atoms with Crippen LogP contribution < -0.4 is 5.32 Å². The second kappa shape index (κ2) is 8.30. The number of sulfonamides is 1. The lowest BCUT2D eigenvalue weighted by molar-refractivity contribution is -0.385. The average Bonchev–Trinajstić information content (AvgIpc) is 2.61. The van der Waals surface area contributed by atoms with Crippen molar-refractivity contribution in [3.8, 4) is 0 Å². The molecule has 1 aliphatic rings. The van der Waals surface area contributed by atoms with Crippen LogP contribution in [0, 0.1) is 22.9 Å². The van der Waals surface area contributed by atoms with Crippen molar-refractivity contribution in [3.05, 3.63) is 69.5 Å². The van der Waals surface area contributed by atoms with Crippen molar-refractivity contribution in [2.75, 3.05) is 19.6 Å². The molecule has 7 nitrogen and oxygen atoms in total. The van der Waals surface area contributed by atoms with E-state index in [1.54, 1.807) is 12.1 Å². The molecule has 0 saturated carbocycles. The van der Waals surface area contributed by atoms with Crippen LogP contribution in [0.1, 0.15) is 17.2 Å². The third-order valence-corrected chi connectivity index (χ3v) is 6.45. The number of nitrogens with one attached hydrogen (secondary N) is 1. The normalized spacial score (nSPS) is 17.9. The molecule has 1 saturated heterocycles. The summed E-state index contributed by atoms with van der Waals surface area (Å²) in [5.41, 5.74) is 0.694. The highest BCUT2D eigenvalue weighted by Gasteiger charge is 2.35. The van der Waals surface area contributed by atoms with Gasteiger partial charge in [0.1, 0.15) is 5.82 Å². The first-order valence-electron chi connectivity index (χ1n) is 8.04. The number of nitro groups is 1. The molecule has 0 bridgehead atoms. The number of non-ortho nitro benzene ring substituents is 1. The first-order chi connectivity index (χ1) is 12.3. The number of hydrogen-bond donors (Lipinski definition) is 1. The van der Waals surface area contributed by atoms with E-state index in [0.29, 0.717) is 24.2 Å². The maximum absolute atomic E-state index is 13.6. The molecule has 1 N–H and O–H groups in total. The molecule has 2 aromatic carbocycles. The van der Waals surface area contributed by atoms with Gasteiger partial charge in [-0.15, -0.1) is 12.4 Å². The number of benzene rings is 2. The smallest absolute Gasteiger partial charge is 0.269 e. The average molecular weight is 416 g/mol. The van der Waals surface area contributed by atoms with E-state index in [0.717, 1.165) is 0 Å². The predicted octanol–water partition coefficient (Wildman–Crippen LogP) is 2.80. The third kappa shape index (κ3) is 4.27. The van der Waals surface area contributed by atoms with Crippen molar-refractivity contribution < 1.29 is 17.7 Å². The van der Waals surface area contributed by atoms with Gasteiger partial charge in [0, 0.05) is 31.8 Å². The standard InChI is InChI=1S/C17H18FN3O4S.ClH/c1-12-9-15(21(22)23)5-6-17(12)26(24,25)20-8-7-19-11-16(20)13-3-2-4-14(18)10-13;/h2-6,9-10,16,19H,7-8,11H2,1H3;1H. The van der Waals surface area contributed by atoms with E-state index >= 15 is 0 Å². The third-order valence-electron chi connectivity index (χ3n) is 4.38. The predicted molar refractivity (Wildman–Crippen MR) is 101 cm³/mol. The van der Waals surface area contributed by atoms with Gasteiger partial charge >= 0.3 is 0 Å². The van der Waals surface area contributed by atoms with Gasteiger partial charge in [-0.05, 0) is 36.2 Å². The highest BCUT2D eigenvalue weighted by molar-refractivity contribution is 7.89. The monoisotopic (exact) mass is 415 g/mol. The summed E-state index contributed by atoms with van der Waals surface area (Å²) in [7, 11) is -3.90. The summed E-state index contributed by atoms with van der Waals surface area (Å²) in [5.74, 6) is -0.433. The fourth-order valence-electron chi connectivity index (χ4n) is 3.13. The minimum Gasteiger partial charge on any atom is -0.313 e. The van der Waals surface area contributed by atoms with Crippen molar-refractivity contribution in [1.82, 2.24) is 9.62 Å². The number of nitrogens with zero attached hydrogens (tertiary/aromatic N) is 2. The fourth-order valence-corrected chi connectivity index (χ4v) is 4.96. The van der Waals surface area contributed by atoms with Gasteiger partial charge in [-0.1, -0.05) is 12.1 Å². The second-order valence-corrected chi connectivity index (χ2v) is 7.96. The number of aryl methyl sites for hydroxylation is 1. The van der Waals surface area contributed by atoms with Gasteiger partial charge in [-0.2, -0.15) is 4.31 Å². The largest absolute Gasteiger partial charge is 0.313 e. The summed E-state index contributed by atoms with van der Waals surface area (Å²) >= 11 is 0. The zero-order valence-corrected chi connectivity index (χ0v) is 16.1. The Morgan fingerprint density at radius 3 is 2.63 bits per heavy atom. The molecule has 0 amide bonds. The molecule has 27 heavy (non-hydrogen) atoms. The highest BCUT2D eigenvalue weighted by Crippen LogP contribution is 2.31. The number of piperazine rings is 1. The molecular formula is C17H19ClFN3O4S. The molecule has 0 aliphatic carbocycles. The van der Waals surface area contributed by atoms with E-state index < -0.39 is 26.8 Å². The minimum absolute atomic E-state index is 0. The SMILES string of the molecule is Cc1cc([N+](=O)[O-])ccc1S(=O)(=O)N1CCNCC1c1cccc(F)c1.Cl. The van der Waals surface area contributed by atoms with E-state index in [1.165, 1.54) is 41.6 Å². The Bertz CT molecular complexity index is 955. The molecule has 0 spiro atoms. The van der Waals surface area contributed by atoms with Crippen LogP contribution in [0.25, 0.3) is 0 Å². The summed E-state index contributed by atoms with van der Waals surface area (Å²) in [4.78, 5) is 10.3. The van der Waals surface area contributed by atoms with Gasteiger partial charge in [0.25, 0.3) is 5.69 Å². The van der Waals surface area contributed by atoms with Gasteiger partial charge in [-0.25, -0.2) is 12.8 Å². The second-order valence-electron chi connectivity index (χ2n) is 6.10. The lowest BCUT2D eigenvalue weighted by atomic mass is 10.1. The zero-order valence-electron chi connectivity index (χ0n) is 14.5. The number of hydrogen-bond acceptors (Lipinski definition) is 5. The Labute approximate surface area is 162 Å². The molecular weight excluding hydrogens is 397 g/mol. The Kier molecular flexibility index (Phi) is 6.53. The molecule has 1 atom stereocenters. The Balaban J connectivity index is 0.00000261. The Hall–Kier alpha value is -2.07. The number of nitro benzene ring substituents is 1. The van der Waals surface area contributed by atoms with Crippen molar-refractivity contribution in [2.24, 2.45) is 0 Å². The number of halogens is 2. The van der Waals surface area contributed by atoms with Crippen LogP contribution in [0.2, 0.25) is 0 Å². The summed E-state index contributed by atoms with van der Waals surface area (Å²) in [6, 6.07) is 8.98. The molecule has 10 heteroatoms. The van der Waals surface area contributed by atoms with Gasteiger partial charge < -0.3 is 5.32 Å². The molecule has 1 unspecified atom stereocenters. The van der Waals surface area contributed by atoms with Crippen molar-refractivity contribution >= 4 is 28.1 Å². The Morgan fingerprint density at radius 2 is 2.00 bits per heavy atom. The van der Waals surface area contributed by atoms with Crippen LogP contribution in [-0.4, -0.2) is 37.3 Å². The summed E-state index contributed by atoms with van der Waals surface area (Å²) < 4.78 is 41.3. The van der Waals surface area contributed by atoms with Gasteiger partial charge in [0.15, 0.2) is 0 Å². The quantitative estimate of drug-likeness (QED) is 0.612. The fraction of sp³-hybridized carbons (Fsp3) is 0.294. The molecule has 146 valence electrons. The minimum atomic E-state index is -3.90. The molecule has 3 rings (SSSR count). The van der Waals surface area contributed by atoms with E-state index in [2.05, 4.69) is 5.32 Å². The van der Waals surface area contributed by atoms with Crippen molar-refractivity contribution in [2.45, 2.75) is 17.9 Å². The molecule has 1 fully saturated rings. The van der Waals surface area contributed by atoms with E-state index in [9.17, 15) is 22.9 Å². The first-order valence-corrected chi connectivity index (χ1v) is 9.48. The maximum atomic E-state index is 13.6. The van der Waals surface area contributed by atoms with Crippen LogP contribution in [0.4, 0.5) is 10.1 Å². The van der Waals surface area contributed by atoms with E-state index in [4.69, 9.17) is 0 Å². The lowest BCUT2D eigenvalue weighted by Gasteiger charge is -2.35. The molecule has 1 heterocycles. The Morgan fingerprint density at radius 1 is 1.26 bits per heavy atom. The van der Waals surface area contributed by atoms with Crippen LogP contribution in [0.15, 0.2) is 47.4 Å². The van der Waals surface area contributed by atoms with Crippen LogP contribution in [0.5, 0.6) is 0 Å². The maximum Gasteiger partial charge on any atom is 0.269 e. The molecule has 0 radical (unpaired) electrons. The van der Waals surface area contributed by atoms with E-state index in [1.807, 2.05) is 0 Å². The molecule has 2 aromatic rings. The van der Waals surface area contributed by atoms with Crippen LogP contribution in [0.3, 0.4) is 0 Å². The van der Waals surface area contributed by atoms with Gasteiger partial charge in [-0.3, -0.25) is 10.1 Å². The summed E-state index contributed by atoms with van der Waals surface area (Å²) in [6.07, 6.45) is 0. The van der Waals surface area contributed by atoms with Crippen LogP contribution in [-0.2, 0) is 10.0 Å². The highest BCUT2D eigenvalue weighted by atomic mass is 35.5. The molecule has 0 aromatic heterocycles. The zero-order chi connectivity index (χ0) is 18.9. The van der Waals surface area contributed by atoms with Crippen molar-refractivity contribution in [3.63, 3.8) is 0 Å².